The van der Waals surface area contributed by atoms with Gasteiger partial charge in [0.05, 0.1) is 12.7 Å². The Kier molecular flexibility index (Phi) is 6.26. The maximum Gasteiger partial charge on any atom is 0.240 e. The zero-order chi connectivity index (χ0) is 18.4. The van der Waals surface area contributed by atoms with Crippen molar-refractivity contribution in [3.8, 4) is 5.75 Å². The summed E-state index contributed by atoms with van der Waals surface area (Å²) in [5.41, 5.74) is 3.41. The van der Waals surface area contributed by atoms with Crippen LogP contribution in [0.3, 0.4) is 0 Å². The second kappa shape index (κ2) is 8.83. The van der Waals surface area contributed by atoms with Gasteiger partial charge in [0, 0.05) is 13.1 Å². The zero-order valence-corrected chi connectivity index (χ0v) is 15.3. The molecule has 0 aromatic heterocycles. The molecule has 0 unspecified atom stereocenters. The summed E-state index contributed by atoms with van der Waals surface area (Å²) in [6, 6.07) is 15.8. The minimum atomic E-state index is -0.291. The van der Waals surface area contributed by atoms with Crippen LogP contribution in [0.25, 0.3) is 0 Å². The number of hydrogen-bond donors (Lipinski definition) is 2. The smallest absolute Gasteiger partial charge is 0.240 e. The number of nitrogens with one attached hydrogen (secondary N) is 2. The molecule has 0 radical (unpaired) electrons. The number of ether oxygens (including phenoxy) is 2. The number of benzene rings is 2. The Morgan fingerprint density at radius 1 is 1.23 bits per heavy atom. The van der Waals surface area contributed by atoms with Crippen molar-refractivity contribution in [1.82, 2.24) is 10.6 Å². The molecule has 2 N–H and O–H groups in total. The Labute approximate surface area is 154 Å². The van der Waals surface area contributed by atoms with Gasteiger partial charge < -0.3 is 20.1 Å². The van der Waals surface area contributed by atoms with Crippen LogP contribution in [0.5, 0.6) is 5.75 Å². The van der Waals surface area contributed by atoms with E-state index in [1.165, 1.54) is 5.56 Å². The monoisotopic (exact) mass is 354 g/mol. The van der Waals surface area contributed by atoms with Gasteiger partial charge in [0.2, 0.25) is 5.91 Å². The molecule has 1 aliphatic rings. The molecule has 0 saturated carbocycles. The minimum absolute atomic E-state index is 0.0306. The number of carbonyl (C=O) groups is 1. The lowest BCUT2D eigenvalue weighted by molar-refractivity contribution is -0.129. The maximum absolute atomic E-state index is 12.3. The van der Waals surface area contributed by atoms with Crippen LogP contribution in [0.2, 0.25) is 0 Å². The van der Waals surface area contributed by atoms with Crippen LogP contribution in [-0.4, -0.2) is 31.2 Å². The van der Waals surface area contributed by atoms with E-state index >= 15 is 0 Å². The van der Waals surface area contributed by atoms with Crippen molar-refractivity contribution in [3.05, 3.63) is 65.2 Å². The average molecular weight is 354 g/mol. The first-order valence-corrected chi connectivity index (χ1v) is 9.02. The van der Waals surface area contributed by atoms with Gasteiger partial charge in [-0.25, -0.2) is 0 Å². The van der Waals surface area contributed by atoms with E-state index < -0.39 is 0 Å². The van der Waals surface area contributed by atoms with Gasteiger partial charge in [-0.3, -0.25) is 4.79 Å². The van der Waals surface area contributed by atoms with Crippen molar-refractivity contribution in [2.75, 3.05) is 13.2 Å². The molecule has 0 spiro atoms. The van der Waals surface area contributed by atoms with Gasteiger partial charge >= 0.3 is 0 Å². The van der Waals surface area contributed by atoms with Gasteiger partial charge in [-0.15, -0.1) is 0 Å². The van der Waals surface area contributed by atoms with Crippen LogP contribution in [-0.2, 0) is 22.7 Å². The molecule has 1 saturated heterocycles. The molecule has 26 heavy (non-hydrogen) atoms. The predicted molar refractivity (Wildman–Crippen MR) is 101 cm³/mol. The zero-order valence-electron chi connectivity index (χ0n) is 15.3. The topological polar surface area (TPSA) is 59.6 Å². The molecule has 3 rings (SSSR count). The SMILES string of the molecule is Cc1cccc(COc2ccc(CNC(=O)[C@H]3NCCO[C@@H]3C)cc2)c1. The van der Waals surface area contributed by atoms with E-state index in [2.05, 4.69) is 35.8 Å². The minimum Gasteiger partial charge on any atom is -0.489 e. The largest absolute Gasteiger partial charge is 0.489 e. The lowest BCUT2D eigenvalue weighted by Gasteiger charge is -2.29. The Morgan fingerprint density at radius 3 is 2.77 bits per heavy atom. The highest BCUT2D eigenvalue weighted by molar-refractivity contribution is 5.82. The molecular weight excluding hydrogens is 328 g/mol. The number of morpholine rings is 1. The highest BCUT2D eigenvalue weighted by Gasteiger charge is 2.27. The molecule has 2 aromatic rings. The molecule has 1 aliphatic heterocycles. The quantitative estimate of drug-likeness (QED) is 0.837. The molecule has 5 nitrogen and oxygen atoms in total. The second-order valence-electron chi connectivity index (χ2n) is 6.65. The molecule has 0 bridgehead atoms. The third-order valence-corrected chi connectivity index (χ3v) is 4.48. The standard InChI is InChI=1S/C21H26N2O3/c1-15-4-3-5-18(12-15)14-26-19-8-6-17(7-9-19)13-23-21(24)20-16(2)25-11-10-22-20/h3-9,12,16,20,22H,10-11,13-14H2,1-2H3,(H,23,24)/t16-,20+/m1/s1. The van der Waals surface area contributed by atoms with Gasteiger partial charge in [-0.05, 0) is 37.1 Å². The predicted octanol–water partition coefficient (Wildman–Crippen LogP) is 2.57. The molecule has 1 heterocycles. The second-order valence-corrected chi connectivity index (χ2v) is 6.65. The molecule has 1 fully saturated rings. The van der Waals surface area contributed by atoms with Crippen molar-refractivity contribution in [1.29, 1.82) is 0 Å². The van der Waals surface area contributed by atoms with Crippen molar-refractivity contribution in [3.63, 3.8) is 0 Å². The molecule has 138 valence electrons. The first-order valence-electron chi connectivity index (χ1n) is 9.02. The maximum atomic E-state index is 12.3. The number of amides is 1. The average Bonchev–Trinajstić information content (AvgIpc) is 2.66. The van der Waals surface area contributed by atoms with E-state index in [4.69, 9.17) is 9.47 Å². The lowest BCUT2D eigenvalue weighted by Crippen LogP contribution is -2.55. The normalized spacial score (nSPS) is 19.8. The van der Waals surface area contributed by atoms with Crippen molar-refractivity contribution in [2.45, 2.75) is 39.1 Å². The fourth-order valence-electron chi connectivity index (χ4n) is 3.00. The highest BCUT2D eigenvalue weighted by atomic mass is 16.5. The first kappa shape index (κ1) is 18.4. The molecule has 2 aromatic carbocycles. The number of hydrogen-bond acceptors (Lipinski definition) is 4. The summed E-state index contributed by atoms with van der Waals surface area (Å²) in [6.45, 7) is 6.37. The summed E-state index contributed by atoms with van der Waals surface area (Å²) in [4.78, 5) is 12.3. The van der Waals surface area contributed by atoms with E-state index in [-0.39, 0.29) is 18.1 Å². The fourth-order valence-corrected chi connectivity index (χ4v) is 3.00. The van der Waals surface area contributed by atoms with Crippen LogP contribution >= 0.6 is 0 Å². The van der Waals surface area contributed by atoms with E-state index in [1.807, 2.05) is 37.3 Å². The summed E-state index contributed by atoms with van der Waals surface area (Å²) in [5.74, 6) is 0.787. The Hall–Kier alpha value is -2.37. The van der Waals surface area contributed by atoms with Crippen LogP contribution in [0, 0.1) is 6.92 Å². The molecule has 1 amide bonds. The Balaban J connectivity index is 1.47. The van der Waals surface area contributed by atoms with Crippen molar-refractivity contribution >= 4 is 5.91 Å². The summed E-state index contributed by atoms with van der Waals surface area (Å²) in [5, 5.41) is 6.15. The van der Waals surface area contributed by atoms with Gasteiger partial charge in [0.25, 0.3) is 0 Å². The molecule has 5 heteroatoms. The first-order chi connectivity index (χ1) is 12.6. The van der Waals surface area contributed by atoms with E-state index in [1.54, 1.807) is 0 Å². The summed E-state index contributed by atoms with van der Waals surface area (Å²) >= 11 is 0. The Bertz CT molecular complexity index is 730. The van der Waals surface area contributed by atoms with E-state index in [9.17, 15) is 4.79 Å². The number of rotatable bonds is 6. The van der Waals surface area contributed by atoms with Gasteiger partial charge in [-0.1, -0.05) is 42.0 Å². The summed E-state index contributed by atoms with van der Waals surface area (Å²) < 4.78 is 11.3. The highest BCUT2D eigenvalue weighted by Crippen LogP contribution is 2.15. The summed E-state index contributed by atoms with van der Waals surface area (Å²) in [7, 11) is 0. The van der Waals surface area contributed by atoms with Crippen LogP contribution < -0.4 is 15.4 Å². The summed E-state index contributed by atoms with van der Waals surface area (Å²) in [6.07, 6.45) is -0.110. The Morgan fingerprint density at radius 2 is 2.04 bits per heavy atom. The third kappa shape index (κ3) is 5.07. The number of carbonyl (C=O) groups excluding carboxylic acids is 1. The molecule has 2 atom stereocenters. The fraction of sp³-hybridized carbons (Fsp3) is 0.381. The van der Waals surface area contributed by atoms with Gasteiger partial charge in [-0.2, -0.15) is 0 Å². The van der Waals surface area contributed by atoms with E-state index in [0.29, 0.717) is 26.3 Å². The third-order valence-electron chi connectivity index (χ3n) is 4.48. The molecular formula is C21H26N2O3. The van der Waals surface area contributed by atoms with Crippen LogP contribution in [0.1, 0.15) is 23.6 Å². The van der Waals surface area contributed by atoms with E-state index in [0.717, 1.165) is 16.9 Å². The van der Waals surface area contributed by atoms with Crippen LogP contribution in [0.15, 0.2) is 48.5 Å². The van der Waals surface area contributed by atoms with Gasteiger partial charge in [0.1, 0.15) is 18.4 Å². The number of aryl methyl sites for hydroxylation is 1. The lowest BCUT2D eigenvalue weighted by atomic mass is 10.1. The van der Waals surface area contributed by atoms with Crippen molar-refractivity contribution < 1.29 is 14.3 Å². The van der Waals surface area contributed by atoms with Gasteiger partial charge in [0.15, 0.2) is 0 Å². The van der Waals surface area contributed by atoms with Crippen LogP contribution in [0.4, 0.5) is 0 Å². The molecule has 0 aliphatic carbocycles. The van der Waals surface area contributed by atoms with Crippen molar-refractivity contribution in [2.24, 2.45) is 0 Å².